The molecular formula is C18H15F4NO4S2. The summed E-state index contributed by atoms with van der Waals surface area (Å²) in [6.45, 7) is 1.50. The molecule has 0 spiro atoms. The van der Waals surface area contributed by atoms with Crippen molar-refractivity contribution in [3.8, 4) is 0 Å². The van der Waals surface area contributed by atoms with E-state index in [0.717, 1.165) is 17.4 Å². The third kappa shape index (κ3) is 4.20. The van der Waals surface area contributed by atoms with Gasteiger partial charge in [0.15, 0.2) is 11.6 Å². The summed E-state index contributed by atoms with van der Waals surface area (Å²) in [7, 11) is 1.28. The first kappa shape index (κ1) is 21.4. The minimum absolute atomic E-state index is 0.0268. The van der Waals surface area contributed by atoms with Crippen LogP contribution in [-0.2, 0) is 9.53 Å². The van der Waals surface area contributed by atoms with Crippen molar-refractivity contribution in [3.63, 3.8) is 0 Å². The second kappa shape index (κ2) is 7.86. The van der Waals surface area contributed by atoms with Crippen molar-refractivity contribution in [3.05, 3.63) is 51.5 Å². The van der Waals surface area contributed by atoms with E-state index in [1.54, 1.807) is 0 Å². The number of halogens is 4. The fourth-order valence-corrected chi connectivity index (χ4v) is 5.07. The topological polar surface area (TPSA) is 66.8 Å². The highest BCUT2D eigenvalue weighted by Gasteiger charge is 2.43. The maximum absolute atomic E-state index is 14.9. The Labute approximate surface area is 171 Å². The number of aliphatic carboxylic acids is 1. The van der Waals surface area contributed by atoms with E-state index in [1.807, 2.05) is 0 Å². The van der Waals surface area contributed by atoms with Gasteiger partial charge in [0.25, 0.3) is 5.91 Å². The van der Waals surface area contributed by atoms with Gasteiger partial charge in [0.1, 0.15) is 0 Å². The van der Waals surface area contributed by atoms with E-state index in [-0.39, 0.29) is 50.6 Å². The van der Waals surface area contributed by atoms with Crippen LogP contribution in [0.5, 0.6) is 0 Å². The molecule has 2 aliphatic rings. The van der Waals surface area contributed by atoms with Gasteiger partial charge in [-0.05, 0) is 42.8 Å². The number of fused-ring (bicyclic) bond motifs is 1. The molecule has 0 aromatic carbocycles. The van der Waals surface area contributed by atoms with Crippen molar-refractivity contribution in [2.24, 2.45) is 0 Å². The zero-order valence-corrected chi connectivity index (χ0v) is 16.8. The quantitative estimate of drug-likeness (QED) is 0.501. The first-order chi connectivity index (χ1) is 13.5. The van der Waals surface area contributed by atoms with Crippen LogP contribution < -0.4 is 0 Å². The molecular weight excluding hydrogens is 434 g/mol. The number of ether oxygens (including phenoxy) is 1. The predicted molar refractivity (Wildman–Crippen MR) is 99.0 cm³/mol. The first-order valence-corrected chi connectivity index (χ1v) is 9.97. The standard InChI is InChI=1S/C18H15F4NO4S2/c1-8-10(6-13(24)25)15-11(3-4-12(27-2)16(15)19)23(8)17(26)9-5-14(28-7-9)29-18(20,21)22/h4-5,7,11H,3,6H2,1-2H3,(H,24,25). The Balaban J connectivity index is 1.99. The molecule has 1 aliphatic heterocycles. The van der Waals surface area contributed by atoms with Crippen molar-refractivity contribution in [2.45, 2.75) is 35.5 Å². The lowest BCUT2D eigenvalue weighted by molar-refractivity contribution is -0.136. The Kier molecular flexibility index (Phi) is 5.81. The van der Waals surface area contributed by atoms with Gasteiger partial charge in [-0.15, -0.1) is 11.3 Å². The molecule has 1 atom stereocenters. The molecule has 3 rings (SSSR count). The molecule has 5 nitrogen and oxygen atoms in total. The number of methoxy groups -OCH3 is 1. The summed E-state index contributed by atoms with van der Waals surface area (Å²) in [4.78, 5) is 25.6. The second-order valence-electron chi connectivity index (χ2n) is 6.26. The molecule has 0 bridgehead atoms. The minimum atomic E-state index is -4.48. The van der Waals surface area contributed by atoms with E-state index in [1.165, 1.54) is 30.4 Å². The number of carboxylic acids is 1. The highest BCUT2D eigenvalue weighted by molar-refractivity contribution is 8.01. The number of carbonyl (C=O) groups is 2. The van der Waals surface area contributed by atoms with Gasteiger partial charge in [0.05, 0.1) is 29.3 Å². The molecule has 0 radical (unpaired) electrons. The molecule has 2 heterocycles. The Morgan fingerprint density at radius 2 is 2.10 bits per heavy atom. The van der Waals surface area contributed by atoms with E-state index >= 15 is 0 Å². The molecule has 1 aromatic rings. The number of nitrogens with zero attached hydrogens (tertiary/aromatic N) is 1. The molecule has 1 amide bonds. The van der Waals surface area contributed by atoms with Gasteiger partial charge < -0.3 is 14.7 Å². The van der Waals surface area contributed by atoms with Crippen molar-refractivity contribution in [1.82, 2.24) is 4.90 Å². The zero-order chi connectivity index (χ0) is 21.5. The Morgan fingerprint density at radius 1 is 1.41 bits per heavy atom. The number of carboxylic acid groups (broad SMARTS) is 1. The predicted octanol–water partition coefficient (Wildman–Crippen LogP) is 5.09. The summed E-state index contributed by atoms with van der Waals surface area (Å²) < 4.78 is 57.5. The van der Waals surface area contributed by atoms with E-state index in [0.29, 0.717) is 0 Å². The number of amides is 1. The number of thiophene rings is 1. The van der Waals surface area contributed by atoms with Crippen LogP contribution in [0.15, 0.2) is 50.2 Å². The molecule has 29 heavy (non-hydrogen) atoms. The fraction of sp³-hybridized carbons (Fsp3) is 0.333. The Hall–Kier alpha value is -2.27. The van der Waals surface area contributed by atoms with Crippen molar-refractivity contribution >= 4 is 35.0 Å². The fourth-order valence-electron chi connectivity index (χ4n) is 3.42. The molecule has 1 aliphatic carbocycles. The molecule has 0 saturated heterocycles. The lowest BCUT2D eigenvalue weighted by Gasteiger charge is -2.28. The maximum atomic E-state index is 14.9. The van der Waals surface area contributed by atoms with E-state index < -0.39 is 35.7 Å². The molecule has 0 saturated carbocycles. The largest absolute Gasteiger partial charge is 0.494 e. The highest BCUT2D eigenvalue weighted by Crippen LogP contribution is 2.45. The number of allylic oxidation sites excluding steroid dienone is 2. The molecule has 11 heteroatoms. The third-order valence-corrected chi connectivity index (χ3v) is 6.36. The van der Waals surface area contributed by atoms with Crippen LogP contribution in [0.1, 0.15) is 30.1 Å². The molecule has 1 N–H and O–H groups in total. The number of carbonyl (C=O) groups excluding carboxylic acids is 1. The second-order valence-corrected chi connectivity index (χ2v) is 8.54. The minimum Gasteiger partial charge on any atom is -0.494 e. The number of hydrogen-bond donors (Lipinski definition) is 1. The Morgan fingerprint density at radius 3 is 2.69 bits per heavy atom. The van der Waals surface area contributed by atoms with E-state index in [9.17, 15) is 32.3 Å². The van der Waals surface area contributed by atoms with E-state index in [2.05, 4.69) is 0 Å². The van der Waals surface area contributed by atoms with Crippen LogP contribution in [0.3, 0.4) is 0 Å². The van der Waals surface area contributed by atoms with Crippen molar-refractivity contribution < 1.29 is 37.0 Å². The molecule has 0 fully saturated rings. The Bertz CT molecular complexity index is 961. The number of alkyl halides is 3. The first-order valence-electron chi connectivity index (χ1n) is 8.27. The molecule has 1 unspecified atom stereocenters. The maximum Gasteiger partial charge on any atom is 0.447 e. The van der Waals surface area contributed by atoms with Gasteiger partial charge in [0, 0.05) is 16.7 Å². The van der Waals surface area contributed by atoms with Gasteiger partial charge in [0.2, 0.25) is 0 Å². The normalized spacial score (nSPS) is 19.4. The average molecular weight is 449 g/mol. The summed E-state index contributed by atoms with van der Waals surface area (Å²) in [6.07, 6.45) is 1.15. The van der Waals surface area contributed by atoms with Gasteiger partial charge >= 0.3 is 11.5 Å². The number of rotatable bonds is 5. The summed E-state index contributed by atoms with van der Waals surface area (Å²) in [5.74, 6) is -2.59. The smallest absolute Gasteiger partial charge is 0.447 e. The van der Waals surface area contributed by atoms with Crippen LogP contribution in [0.25, 0.3) is 0 Å². The van der Waals surface area contributed by atoms with Crippen molar-refractivity contribution in [1.29, 1.82) is 0 Å². The lowest BCUT2D eigenvalue weighted by Crippen LogP contribution is -2.36. The molecule has 156 valence electrons. The third-order valence-electron chi connectivity index (χ3n) is 4.55. The van der Waals surface area contributed by atoms with Gasteiger partial charge in [-0.3, -0.25) is 9.59 Å². The van der Waals surface area contributed by atoms with Crippen LogP contribution in [0.2, 0.25) is 0 Å². The summed E-state index contributed by atoms with van der Waals surface area (Å²) in [6, 6.07) is 0.349. The van der Waals surface area contributed by atoms with E-state index in [4.69, 9.17) is 4.74 Å². The van der Waals surface area contributed by atoms with Crippen molar-refractivity contribution in [2.75, 3.05) is 7.11 Å². The summed E-state index contributed by atoms with van der Waals surface area (Å²) in [5, 5.41) is 10.5. The SMILES string of the molecule is COC1=CCC2C(=C1F)C(CC(=O)O)=C(C)N2C(=O)c1csc(SC(F)(F)F)c1. The summed E-state index contributed by atoms with van der Waals surface area (Å²) >= 11 is 0.458. The van der Waals surface area contributed by atoms with Gasteiger partial charge in [-0.25, -0.2) is 4.39 Å². The highest BCUT2D eigenvalue weighted by atomic mass is 32.2. The average Bonchev–Trinajstić information content (AvgIpc) is 3.16. The van der Waals surface area contributed by atoms with Gasteiger partial charge in [-0.2, -0.15) is 13.2 Å². The van der Waals surface area contributed by atoms with Gasteiger partial charge in [-0.1, -0.05) is 0 Å². The van der Waals surface area contributed by atoms with Crippen LogP contribution in [0, 0.1) is 0 Å². The molecule has 1 aromatic heterocycles. The summed E-state index contributed by atoms with van der Waals surface area (Å²) in [5.41, 5.74) is -3.96. The lowest BCUT2D eigenvalue weighted by atomic mass is 9.91. The van der Waals surface area contributed by atoms with Crippen LogP contribution >= 0.6 is 23.1 Å². The zero-order valence-electron chi connectivity index (χ0n) is 15.2. The van der Waals surface area contributed by atoms with Crippen LogP contribution in [-0.4, -0.2) is 40.5 Å². The number of thioether (sulfide) groups is 1. The number of hydrogen-bond acceptors (Lipinski definition) is 5. The monoisotopic (exact) mass is 449 g/mol. The van der Waals surface area contributed by atoms with Crippen LogP contribution in [0.4, 0.5) is 17.6 Å².